The van der Waals surface area contributed by atoms with Crippen LogP contribution in [0.15, 0.2) is 54.6 Å². The van der Waals surface area contributed by atoms with Crippen molar-refractivity contribution in [3.63, 3.8) is 0 Å². The van der Waals surface area contributed by atoms with Crippen LogP contribution in [0.4, 0.5) is 8.78 Å². The topological polar surface area (TPSA) is 18.5 Å². The number of benzene rings is 2. The predicted octanol–water partition coefficient (Wildman–Crippen LogP) is 5.65. The van der Waals surface area contributed by atoms with Crippen molar-refractivity contribution < 1.29 is 18.3 Å². The van der Waals surface area contributed by atoms with Gasteiger partial charge in [0.05, 0.1) is 13.2 Å². The van der Waals surface area contributed by atoms with Gasteiger partial charge in [-0.05, 0) is 29.7 Å². The van der Waals surface area contributed by atoms with Crippen molar-refractivity contribution in [1.82, 2.24) is 0 Å². The van der Waals surface area contributed by atoms with Crippen molar-refractivity contribution in [2.24, 2.45) is 5.92 Å². The molecule has 0 unspecified atom stereocenters. The number of allylic oxidation sites excluding steroid dienone is 1. The molecular weight excluding hydrogens is 322 g/mol. The summed E-state index contributed by atoms with van der Waals surface area (Å²) in [6.45, 7) is 3.42. The normalized spacial score (nSPS) is 20.9. The molecule has 25 heavy (non-hydrogen) atoms. The average Bonchev–Trinajstić information content (AvgIpc) is 2.65. The van der Waals surface area contributed by atoms with E-state index in [1.165, 1.54) is 6.07 Å². The molecule has 2 aromatic carbocycles. The molecule has 1 aliphatic rings. The Labute approximate surface area is 147 Å². The standard InChI is InChI=1S/C21H22F2O2/c1-2-3-4-5-15-13-24-21(25-14-15)17-8-6-16(7-9-17)18-10-11-19(22)20(23)12-18/h4-12,15,21H,2-3,13-14H2,1H3. The molecular formula is C21H22F2O2. The zero-order valence-electron chi connectivity index (χ0n) is 14.3. The fourth-order valence-electron chi connectivity index (χ4n) is 2.79. The van der Waals surface area contributed by atoms with Gasteiger partial charge in [-0.1, -0.05) is 55.8 Å². The molecule has 0 N–H and O–H groups in total. The Morgan fingerprint density at radius 1 is 0.960 bits per heavy atom. The Bertz CT molecular complexity index is 717. The second-order valence-corrected chi connectivity index (χ2v) is 6.23. The Hall–Kier alpha value is -2.04. The van der Waals surface area contributed by atoms with Crippen molar-refractivity contribution in [1.29, 1.82) is 0 Å². The molecule has 0 spiro atoms. The third-order valence-electron chi connectivity index (χ3n) is 4.22. The Balaban J connectivity index is 1.62. The molecule has 2 aromatic rings. The predicted molar refractivity (Wildman–Crippen MR) is 94.0 cm³/mol. The summed E-state index contributed by atoms with van der Waals surface area (Å²) in [5.41, 5.74) is 2.37. The first kappa shape index (κ1) is 17.8. The van der Waals surface area contributed by atoms with Gasteiger partial charge in [-0.25, -0.2) is 8.78 Å². The van der Waals surface area contributed by atoms with E-state index in [1.807, 2.05) is 24.3 Å². The van der Waals surface area contributed by atoms with Crippen LogP contribution in [0, 0.1) is 17.6 Å². The van der Waals surface area contributed by atoms with Crippen molar-refractivity contribution >= 4 is 0 Å². The van der Waals surface area contributed by atoms with E-state index in [1.54, 1.807) is 6.07 Å². The molecule has 0 aromatic heterocycles. The lowest BCUT2D eigenvalue weighted by Gasteiger charge is -2.28. The van der Waals surface area contributed by atoms with E-state index in [0.29, 0.717) is 24.7 Å². The third-order valence-corrected chi connectivity index (χ3v) is 4.22. The number of rotatable bonds is 5. The van der Waals surface area contributed by atoms with Crippen LogP contribution in [-0.2, 0) is 9.47 Å². The summed E-state index contributed by atoms with van der Waals surface area (Å²) in [5, 5.41) is 0. The van der Waals surface area contributed by atoms with Gasteiger partial charge in [0, 0.05) is 11.5 Å². The highest BCUT2D eigenvalue weighted by Crippen LogP contribution is 2.28. The molecule has 2 nitrogen and oxygen atoms in total. The van der Waals surface area contributed by atoms with Crippen LogP contribution in [0.25, 0.3) is 11.1 Å². The lowest BCUT2D eigenvalue weighted by Crippen LogP contribution is -2.25. The minimum atomic E-state index is -0.845. The molecule has 132 valence electrons. The molecule has 0 amide bonds. The lowest BCUT2D eigenvalue weighted by molar-refractivity contribution is -0.197. The minimum Gasteiger partial charge on any atom is -0.348 e. The van der Waals surface area contributed by atoms with Gasteiger partial charge in [0.1, 0.15) is 0 Å². The van der Waals surface area contributed by atoms with Crippen molar-refractivity contribution in [2.75, 3.05) is 13.2 Å². The van der Waals surface area contributed by atoms with Crippen LogP contribution >= 0.6 is 0 Å². The summed E-state index contributed by atoms with van der Waals surface area (Å²) in [6, 6.07) is 11.4. The molecule has 0 aliphatic carbocycles. The number of ether oxygens (including phenoxy) is 2. The molecule has 0 radical (unpaired) electrons. The molecule has 3 rings (SSSR count). The van der Waals surface area contributed by atoms with Crippen LogP contribution in [0.2, 0.25) is 0 Å². The second-order valence-electron chi connectivity index (χ2n) is 6.23. The van der Waals surface area contributed by atoms with E-state index in [-0.39, 0.29) is 6.29 Å². The summed E-state index contributed by atoms with van der Waals surface area (Å²) in [4.78, 5) is 0. The maximum absolute atomic E-state index is 13.4. The summed E-state index contributed by atoms with van der Waals surface area (Å²) in [5.74, 6) is -1.39. The van der Waals surface area contributed by atoms with E-state index in [0.717, 1.165) is 30.0 Å². The SMILES string of the molecule is CCCC=CC1COC(c2ccc(-c3ccc(F)c(F)c3)cc2)OC1. The van der Waals surface area contributed by atoms with Crippen LogP contribution in [-0.4, -0.2) is 13.2 Å². The van der Waals surface area contributed by atoms with Gasteiger partial charge >= 0.3 is 0 Å². The third kappa shape index (κ3) is 4.53. The van der Waals surface area contributed by atoms with Crippen molar-refractivity contribution in [3.8, 4) is 11.1 Å². The van der Waals surface area contributed by atoms with Crippen LogP contribution in [0.3, 0.4) is 0 Å². The van der Waals surface area contributed by atoms with Crippen LogP contribution in [0.1, 0.15) is 31.6 Å². The Morgan fingerprint density at radius 2 is 1.64 bits per heavy atom. The molecule has 4 heteroatoms. The zero-order valence-corrected chi connectivity index (χ0v) is 14.3. The summed E-state index contributed by atoms with van der Waals surface area (Å²) in [6.07, 6.45) is 6.17. The first-order valence-electron chi connectivity index (χ1n) is 8.62. The maximum Gasteiger partial charge on any atom is 0.183 e. The fraction of sp³-hybridized carbons (Fsp3) is 0.333. The summed E-state index contributed by atoms with van der Waals surface area (Å²) >= 11 is 0. The van der Waals surface area contributed by atoms with Gasteiger partial charge in [0.15, 0.2) is 17.9 Å². The lowest BCUT2D eigenvalue weighted by atomic mass is 10.0. The molecule has 1 saturated heterocycles. The van der Waals surface area contributed by atoms with Crippen LogP contribution in [0.5, 0.6) is 0 Å². The van der Waals surface area contributed by atoms with E-state index < -0.39 is 11.6 Å². The Kier molecular flexibility index (Phi) is 5.95. The van der Waals surface area contributed by atoms with Gasteiger partial charge in [-0.2, -0.15) is 0 Å². The van der Waals surface area contributed by atoms with E-state index in [2.05, 4.69) is 19.1 Å². The zero-order chi connectivity index (χ0) is 17.6. The minimum absolute atomic E-state index is 0.296. The van der Waals surface area contributed by atoms with Crippen molar-refractivity contribution in [2.45, 2.75) is 26.1 Å². The first-order valence-corrected chi connectivity index (χ1v) is 8.62. The Morgan fingerprint density at radius 3 is 2.28 bits per heavy atom. The molecule has 0 bridgehead atoms. The molecule has 0 saturated carbocycles. The number of hydrogen-bond acceptors (Lipinski definition) is 2. The number of halogens is 2. The number of hydrogen-bond donors (Lipinski definition) is 0. The summed E-state index contributed by atoms with van der Waals surface area (Å²) < 4.78 is 38.0. The van der Waals surface area contributed by atoms with Gasteiger partial charge < -0.3 is 9.47 Å². The average molecular weight is 344 g/mol. The van der Waals surface area contributed by atoms with Crippen molar-refractivity contribution in [3.05, 3.63) is 71.8 Å². The molecule has 0 atom stereocenters. The van der Waals surface area contributed by atoms with Gasteiger partial charge in [0.25, 0.3) is 0 Å². The largest absolute Gasteiger partial charge is 0.348 e. The first-order chi connectivity index (χ1) is 12.2. The number of unbranched alkanes of at least 4 members (excludes halogenated alkanes) is 1. The van der Waals surface area contributed by atoms with E-state index in [4.69, 9.17) is 9.47 Å². The van der Waals surface area contributed by atoms with Crippen LogP contribution < -0.4 is 0 Å². The summed E-state index contributed by atoms with van der Waals surface area (Å²) in [7, 11) is 0. The monoisotopic (exact) mass is 344 g/mol. The highest BCUT2D eigenvalue weighted by molar-refractivity contribution is 5.63. The fourth-order valence-corrected chi connectivity index (χ4v) is 2.79. The van der Waals surface area contributed by atoms with E-state index in [9.17, 15) is 8.78 Å². The van der Waals surface area contributed by atoms with Gasteiger partial charge in [-0.15, -0.1) is 0 Å². The van der Waals surface area contributed by atoms with Gasteiger partial charge in [0.2, 0.25) is 0 Å². The van der Waals surface area contributed by atoms with Gasteiger partial charge in [-0.3, -0.25) is 0 Å². The molecule has 1 aliphatic heterocycles. The quantitative estimate of drug-likeness (QED) is 0.653. The second kappa shape index (κ2) is 8.37. The molecule has 1 heterocycles. The smallest absolute Gasteiger partial charge is 0.183 e. The highest BCUT2D eigenvalue weighted by Gasteiger charge is 2.22. The van der Waals surface area contributed by atoms with E-state index >= 15 is 0 Å². The maximum atomic E-state index is 13.4. The highest BCUT2D eigenvalue weighted by atomic mass is 19.2. The molecule has 1 fully saturated rings.